The highest BCUT2D eigenvalue weighted by Crippen LogP contribution is 2.23. The van der Waals surface area contributed by atoms with E-state index in [9.17, 15) is 23.7 Å². The van der Waals surface area contributed by atoms with Gasteiger partial charge in [-0.1, -0.05) is 0 Å². The van der Waals surface area contributed by atoms with E-state index in [1.165, 1.54) is 11.3 Å². The Bertz CT molecular complexity index is 721. The molecule has 1 amide bonds. The van der Waals surface area contributed by atoms with Gasteiger partial charge in [-0.05, 0) is 34.1 Å². The van der Waals surface area contributed by atoms with Gasteiger partial charge < -0.3 is 5.32 Å². The molecule has 0 unspecified atom stereocenters. The van der Waals surface area contributed by atoms with Gasteiger partial charge in [0.15, 0.2) is 0 Å². The molecule has 0 saturated carbocycles. The fraction of sp³-hybridized carbons (Fsp3) is 0.0833. The third kappa shape index (κ3) is 3.61. The van der Waals surface area contributed by atoms with Gasteiger partial charge in [-0.25, -0.2) is 4.39 Å². The van der Waals surface area contributed by atoms with Crippen molar-refractivity contribution in [3.63, 3.8) is 0 Å². The highest BCUT2D eigenvalue weighted by atomic mass is 79.9. The highest BCUT2D eigenvalue weighted by Gasteiger charge is 2.21. The van der Waals surface area contributed by atoms with E-state index in [0.717, 1.165) is 8.66 Å². The van der Waals surface area contributed by atoms with Crippen LogP contribution in [0.2, 0.25) is 0 Å². The quantitative estimate of drug-likeness (QED) is 0.654. The van der Waals surface area contributed by atoms with Crippen LogP contribution in [0.25, 0.3) is 0 Å². The second-order valence-corrected chi connectivity index (χ2v) is 6.48. The molecule has 0 aliphatic rings. The Morgan fingerprint density at radius 2 is 2.05 bits per heavy atom. The van der Waals surface area contributed by atoms with Gasteiger partial charge in [0.1, 0.15) is 5.82 Å². The van der Waals surface area contributed by atoms with Gasteiger partial charge in [-0.2, -0.15) is 4.39 Å². The number of hydrogen-bond acceptors (Lipinski definition) is 4. The van der Waals surface area contributed by atoms with Gasteiger partial charge in [0.25, 0.3) is 5.91 Å². The summed E-state index contributed by atoms with van der Waals surface area (Å²) in [5, 5.41) is 12.9. The van der Waals surface area contributed by atoms with Crippen LogP contribution in [0, 0.1) is 21.7 Å². The SMILES string of the molecule is O=C(NCc1ccc(Br)s1)c1cc(F)c([N+](=O)[O-])cc1F. The molecule has 21 heavy (non-hydrogen) atoms. The lowest BCUT2D eigenvalue weighted by atomic mass is 10.1. The molecule has 0 atom stereocenters. The van der Waals surface area contributed by atoms with Crippen LogP contribution >= 0.6 is 27.3 Å². The summed E-state index contributed by atoms with van der Waals surface area (Å²) in [6, 6.07) is 4.47. The molecule has 0 radical (unpaired) electrons. The minimum Gasteiger partial charge on any atom is -0.347 e. The van der Waals surface area contributed by atoms with Crippen molar-refractivity contribution >= 4 is 38.9 Å². The number of carbonyl (C=O) groups excluding carboxylic acids is 1. The van der Waals surface area contributed by atoms with Crippen LogP contribution in [0.1, 0.15) is 15.2 Å². The maximum Gasteiger partial charge on any atom is 0.307 e. The summed E-state index contributed by atoms with van der Waals surface area (Å²) in [4.78, 5) is 22.0. The Labute approximate surface area is 129 Å². The second kappa shape index (κ2) is 6.27. The minimum atomic E-state index is -1.26. The predicted molar refractivity (Wildman–Crippen MR) is 76.2 cm³/mol. The number of nitrogens with zero attached hydrogens (tertiary/aromatic N) is 1. The van der Waals surface area contributed by atoms with Gasteiger partial charge >= 0.3 is 5.69 Å². The minimum absolute atomic E-state index is 0.146. The molecular weight excluding hydrogens is 370 g/mol. The molecule has 5 nitrogen and oxygen atoms in total. The summed E-state index contributed by atoms with van der Waals surface area (Å²) in [7, 11) is 0. The van der Waals surface area contributed by atoms with Crippen molar-refractivity contribution in [1.82, 2.24) is 5.32 Å². The lowest BCUT2D eigenvalue weighted by Gasteiger charge is -2.05. The van der Waals surface area contributed by atoms with Crippen molar-refractivity contribution in [3.05, 3.63) is 60.2 Å². The smallest absolute Gasteiger partial charge is 0.307 e. The molecule has 1 heterocycles. The molecule has 0 fully saturated rings. The van der Waals surface area contributed by atoms with Gasteiger partial charge in [0, 0.05) is 4.88 Å². The number of benzene rings is 1. The average Bonchev–Trinajstić information content (AvgIpc) is 2.83. The van der Waals surface area contributed by atoms with Crippen LogP contribution in [-0.2, 0) is 6.54 Å². The number of nitro groups is 1. The largest absolute Gasteiger partial charge is 0.347 e. The monoisotopic (exact) mass is 376 g/mol. The maximum atomic E-state index is 13.6. The Kier molecular flexibility index (Phi) is 4.63. The average molecular weight is 377 g/mol. The van der Waals surface area contributed by atoms with E-state index in [4.69, 9.17) is 0 Å². The number of amides is 1. The Morgan fingerprint density at radius 1 is 1.33 bits per heavy atom. The van der Waals surface area contributed by atoms with E-state index in [2.05, 4.69) is 21.2 Å². The standard InChI is InChI=1S/C12H7BrF2N2O3S/c13-11-2-1-6(21-11)5-16-12(18)7-3-9(15)10(17(19)20)4-8(7)14/h1-4H,5H2,(H,16,18). The van der Waals surface area contributed by atoms with Crippen LogP contribution in [0.15, 0.2) is 28.1 Å². The third-order valence-electron chi connectivity index (χ3n) is 2.53. The van der Waals surface area contributed by atoms with Gasteiger partial charge in [-0.3, -0.25) is 14.9 Å². The molecule has 110 valence electrons. The number of nitrogens with one attached hydrogen (secondary N) is 1. The summed E-state index contributed by atoms with van der Waals surface area (Å²) < 4.78 is 27.9. The Morgan fingerprint density at radius 3 is 2.62 bits per heavy atom. The van der Waals surface area contributed by atoms with E-state index >= 15 is 0 Å². The zero-order chi connectivity index (χ0) is 15.6. The Balaban J connectivity index is 2.15. The van der Waals surface area contributed by atoms with E-state index in [1.807, 2.05) is 0 Å². The fourth-order valence-corrected chi connectivity index (χ4v) is 2.98. The first-order valence-corrected chi connectivity index (χ1v) is 7.15. The zero-order valence-electron chi connectivity index (χ0n) is 10.2. The molecule has 2 aromatic rings. The summed E-state index contributed by atoms with van der Waals surface area (Å²) in [6.45, 7) is 0.146. The molecule has 0 saturated heterocycles. The van der Waals surface area contributed by atoms with Crippen molar-refractivity contribution in [2.45, 2.75) is 6.54 Å². The van der Waals surface area contributed by atoms with Crippen molar-refractivity contribution in [1.29, 1.82) is 0 Å². The maximum absolute atomic E-state index is 13.6. The van der Waals surface area contributed by atoms with Crippen molar-refractivity contribution in [2.24, 2.45) is 0 Å². The van der Waals surface area contributed by atoms with Crippen LogP contribution in [0.4, 0.5) is 14.5 Å². The normalized spacial score (nSPS) is 10.4. The topological polar surface area (TPSA) is 72.2 Å². The first kappa shape index (κ1) is 15.5. The summed E-state index contributed by atoms with van der Waals surface area (Å²) in [5.74, 6) is -3.25. The van der Waals surface area contributed by atoms with Gasteiger partial charge in [0.05, 0.1) is 26.9 Å². The molecule has 1 N–H and O–H groups in total. The number of carbonyl (C=O) groups is 1. The molecular formula is C12H7BrF2N2O3S. The number of nitro benzene ring substituents is 1. The van der Waals surface area contributed by atoms with E-state index in [-0.39, 0.29) is 6.54 Å². The number of halogens is 3. The van der Waals surface area contributed by atoms with E-state index in [0.29, 0.717) is 12.1 Å². The number of rotatable bonds is 4. The van der Waals surface area contributed by atoms with Crippen LogP contribution < -0.4 is 5.32 Å². The first-order valence-electron chi connectivity index (χ1n) is 5.54. The van der Waals surface area contributed by atoms with Crippen LogP contribution in [-0.4, -0.2) is 10.8 Å². The summed E-state index contributed by atoms with van der Waals surface area (Å²) >= 11 is 4.64. The van der Waals surface area contributed by atoms with Crippen molar-refractivity contribution in [2.75, 3.05) is 0 Å². The third-order valence-corrected chi connectivity index (χ3v) is 4.15. The lowest BCUT2D eigenvalue weighted by molar-refractivity contribution is -0.387. The van der Waals surface area contributed by atoms with Crippen molar-refractivity contribution < 1.29 is 18.5 Å². The summed E-state index contributed by atoms with van der Waals surface area (Å²) in [5.41, 5.74) is -1.58. The molecule has 9 heteroatoms. The predicted octanol–water partition coefficient (Wildman–Crippen LogP) is 3.63. The molecule has 1 aromatic carbocycles. The molecule has 0 aliphatic carbocycles. The number of thiophene rings is 1. The highest BCUT2D eigenvalue weighted by molar-refractivity contribution is 9.11. The number of hydrogen-bond donors (Lipinski definition) is 1. The van der Waals surface area contributed by atoms with Gasteiger partial charge in [-0.15, -0.1) is 11.3 Å². The van der Waals surface area contributed by atoms with Crippen LogP contribution in [0.3, 0.4) is 0 Å². The lowest BCUT2D eigenvalue weighted by Crippen LogP contribution is -2.23. The molecule has 0 bridgehead atoms. The second-order valence-electron chi connectivity index (χ2n) is 3.93. The molecule has 0 aliphatic heterocycles. The summed E-state index contributed by atoms with van der Waals surface area (Å²) in [6.07, 6.45) is 0. The zero-order valence-corrected chi connectivity index (χ0v) is 12.6. The Hall–Kier alpha value is -1.87. The molecule has 1 aromatic heterocycles. The van der Waals surface area contributed by atoms with Gasteiger partial charge in [0.2, 0.25) is 5.82 Å². The van der Waals surface area contributed by atoms with Crippen LogP contribution in [0.5, 0.6) is 0 Å². The van der Waals surface area contributed by atoms with Crippen molar-refractivity contribution in [3.8, 4) is 0 Å². The fourth-order valence-electron chi connectivity index (χ4n) is 1.56. The molecule has 2 rings (SSSR count). The first-order chi connectivity index (χ1) is 9.88. The van der Waals surface area contributed by atoms with E-state index in [1.54, 1.807) is 12.1 Å². The van der Waals surface area contributed by atoms with E-state index < -0.39 is 33.7 Å². The molecule has 0 spiro atoms.